The van der Waals surface area contributed by atoms with E-state index in [9.17, 15) is 5.11 Å². The number of aromatic hydroxyl groups is 1. The van der Waals surface area contributed by atoms with Crippen LogP contribution in [0.2, 0.25) is 0 Å². The molecule has 0 unspecified atom stereocenters. The largest absolute Gasteiger partial charge is 0.506 e. The average Bonchev–Trinajstić information content (AvgIpc) is 2.37. The van der Waals surface area contributed by atoms with Crippen LogP contribution in [0, 0.1) is 0 Å². The third-order valence-corrected chi connectivity index (χ3v) is 3.43. The lowest BCUT2D eigenvalue weighted by atomic mass is 10.2. The predicted molar refractivity (Wildman–Crippen MR) is 81.2 cm³/mol. The summed E-state index contributed by atoms with van der Waals surface area (Å²) >= 11 is 6.54. The van der Waals surface area contributed by atoms with Crippen molar-refractivity contribution in [1.82, 2.24) is 0 Å². The first-order valence-corrected chi connectivity index (χ1v) is 6.77. The Kier molecular flexibility index (Phi) is 4.38. The van der Waals surface area contributed by atoms with E-state index in [0.717, 1.165) is 11.3 Å². The number of para-hydroxylation sites is 1. The van der Waals surface area contributed by atoms with Gasteiger partial charge in [-0.25, -0.2) is 0 Å². The van der Waals surface area contributed by atoms with Crippen molar-refractivity contribution in [3.05, 3.63) is 57.0 Å². The molecule has 0 radical (unpaired) electrons. The summed E-state index contributed by atoms with van der Waals surface area (Å²) in [5.41, 5.74) is 4.72. The number of halogens is 2. The second-order valence-electron chi connectivity index (χ2n) is 3.57. The Morgan fingerprint density at radius 1 is 1.06 bits per heavy atom. The molecule has 5 heteroatoms. The van der Waals surface area contributed by atoms with Gasteiger partial charge < -0.3 is 5.11 Å². The first kappa shape index (κ1) is 13.1. The first-order chi connectivity index (χ1) is 8.66. The van der Waals surface area contributed by atoms with Gasteiger partial charge >= 0.3 is 0 Å². The molecule has 0 aliphatic rings. The highest BCUT2D eigenvalue weighted by Gasteiger charge is 2.04. The van der Waals surface area contributed by atoms with Crippen molar-refractivity contribution in [2.45, 2.75) is 0 Å². The van der Waals surface area contributed by atoms with E-state index < -0.39 is 0 Å². The van der Waals surface area contributed by atoms with E-state index in [1.807, 2.05) is 30.3 Å². The Balaban J connectivity index is 2.10. The second-order valence-corrected chi connectivity index (χ2v) is 5.28. The molecule has 92 valence electrons. The zero-order chi connectivity index (χ0) is 13.0. The van der Waals surface area contributed by atoms with E-state index in [0.29, 0.717) is 8.95 Å². The summed E-state index contributed by atoms with van der Waals surface area (Å²) in [6.45, 7) is 0. The van der Waals surface area contributed by atoms with Crippen molar-refractivity contribution in [1.29, 1.82) is 0 Å². The van der Waals surface area contributed by atoms with Crippen LogP contribution in [0.1, 0.15) is 5.56 Å². The van der Waals surface area contributed by atoms with Gasteiger partial charge in [0.05, 0.1) is 20.8 Å². The lowest BCUT2D eigenvalue weighted by molar-refractivity contribution is 0.468. The number of nitrogens with one attached hydrogen (secondary N) is 1. The molecular formula is C13H10Br2N2O. The number of hydrogen-bond donors (Lipinski definition) is 2. The molecule has 0 aliphatic heterocycles. The van der Waals surface area contributed by atoms with E-state index >= 15 is 0 Å². The van der Waals surface area contributed by atoms with Crippen LogP contribution >= 0.6 is 31.9 Å². The fourth-order valence-electron chi connectivity index (χ4n) is 1.35. The number of benzene rings is 2. The highest BCUT2D eigenvalue weighted by atomic mass is 79.9. The minimum Gasteiger partial charge on any atom is -0.506 e. The summed E-state index contributed by atoms with van der Waals surface area (Å²) in [4.78, 5) is 0. The molecule has 0 saturated heterocycles. The van der Waals surface area contributed by atoms with Crippen molar-refractivity contribution in [3.8, 4) is 5.75 Å². The standard InChI is InChI=1S/C13H10Br2N2O/c14-11-6-9(7-12(15)13(11)18)8-16-17-10-4-2-1-3-5-10/h1-8,17-18H/b16-8-. The molecule has 0 atom stereocenters. The SMILES string of the molecule is Oc1c(Br)cc(/C=N\Nc2ccccc2)cc1Br. The number of phenolic OH excluding ortho intramolecular Hbond substituents is 1. The molecule has 0 aromatic heterocycles. The Morgan fingerprint density at radius 3 is 2.28 bits per heavy atom. The Labute approximate surface area is 122 Å². The maximum absolute atomic E-state index is 9.58. The number of phenols is 1. The minimum absolute atomic E-state index is 0.183. The Hall–Kier alpha value is -1.33. The lowest BCUT2D eigenvalue weighted by Gasteiger charge is -2.02. The fraction of sp³-hybridized carbons (Fsp3) is 0. The molecule has 2 aromatic rings. The van der Waals surface area contributed by atoms with Crippen molar-refractivity contribution in [2.75, 3.05) is 5.43 Å². The molecule has 2 N–H and O–H groups in total. The van der Waals surface area contributed by atoms with Crippen LogP contribution in [-0.2, 0) is 0 Å². The molecule has 0 fully saturated rings. The van der Waals surface area contributed by atoms with Gasteiger partial charge in [0.2, 0.25) is 0 Å². The van der Waals surface area contributed by atoms with Crippen LogP contribution in [0.3, 0.4) is 0 Å². The molecule has 2 rings (SSSR count). The topological polar surface area (TPSA) is 44.6 Å². The van der Waals surface area contributed by atoms with Crippen LogP contribution in [-0.4, -0.2) is 11.3 Å². The summed E-state index contributed by atoms with van der Waals surface area (Å²) in [6, 6.07) is 13.3. The maximum atomic E-state index is 9.58. The predicted octanol–water partition coefficient (Wildman–Crippen LogP) is 4.36. The van der Waals surface area contributed by atoms with Crippen LogP contribution < -0.4 is 5.43 Å². The molecule has 18 heavy (non-hydrogen) atoms. The molecular weight excluding hydrogens is 360 g/mol. The molecule has 0 spiro atoms. The molecule has 0 saturated carbocycles. The second kappa shape index (κ2) is 6.02. The van der Waals surface area contributed by atoms with Crippen molar-refractivity contribution < 1.29 is 5.11 Å². The quantitative estimate of drug-likeness (QED) is 0.623. The summed E-state index contributed by atoms with van der Waals surface area (Å²) in [7, 11) is 0. The van der Waals surface area contributed by atoms with Gasteiger partial charge in [0.25, 0.3) is 0 Å². The highest BCUT2D eigenvalue weighted by Crippen LogP contribution is 2.32. The van der Waals surface area contributed by atoms with Gasteiger partial charge in [0.15, 0.2) is 0 Å². The molecule has 2 aromatic carbocycles. The van der Waals surface area contributed by atoms with Crippen molar-refractivity contribution in [2.24, 2.45) is 5.10 Å². The molecule has 0 aliphatic carbocycles. The van der Waals surface area contributed by atoms with Crippen LogP contribution in [0.25, 0.3) is 0 Å². The number of rotatable bonds is 3. The number of anilines is 1. The Bertz CT molecular complexity index is 547. The summed E-state index contributed by atoms with van der Waals surface area (Å²) < 4.78 is 1.25. The molecule has 0 heterocycles. The van der Waals surface area contributed by atoms with E-state index in [4.69, 9.17) is 0 Å². The van der Waals surface area contributed by atoms with Gasteiger partial charge in [-0.2, -0.15) is 5.10 Å². The van der Waals surface area contributed by atoms with E-state index in [-0.39, 0.29) is 5.75 Å². The third-order valence-electron chi connectivity index (χ3n) is 2.22. The van der Waals surface area contributed by atoms with E-state index in [1.165, 1.54) is 0 Å². The van der Waals surface area contributed by atoms with E-state index in [2.05, 4.69) is 42.4 Å². The number of hydrazone groups is 1. The Morgan fingerprint density at radius 2 is 1.67 bits per heavy atom. The first-order valence-electron chi connectivity index (χ1n) is 5.19. The van der Waals surface area contributed by atoms with Gasteiger partial charge in [0, 0.05) is 0 Å². The third kappa shape index (κ3) is 3.34. The molecule has 3 nitrogen and oxygen atoms in total. The fourth-order valence-corrected chi connectivity index (χ4v) is 2.58. The summed E-state index contributed by atoms with van der Waals surface area (Å²) in [6.07, 6.45) is 1.68. The maximum Gasteiger partial charge on any atom is 0.143 e. The number of nitrogens with zero attached hydrogens (tertiary/aromatic N) is 1. The van der Waals surface area contributed by atoms with Gasteiger partial charge in [-0.1, -0.05) is 18.2 Å². The van der Waals surface area contributed by atoms with Crippen LogP contribution in [0.4, 0.5) is 5.69 Å². The molecule has 0 amide bonds. The van der Waals surface area contributed by atoms with Gasteiger partial charge in [0.1, 0.15) is 5.75 Å². The zero-order valence-corrected chi connectivity index (χ0v) is 12.4. The lowest BCUT2D eigenvalue weighted by Crippen LogP contribution is -1.90. The van der Waals surface area contributed by atoms with Gasteiger partial charge in [-0.3, -0.25) is 5.43 Å². The smallest absolute Gasteiger partial charge is 0.143 e. The minimum atomic E-state index is 0.183. The summed E-state index contributed by atoms with van der Waals surface area (Å²) in [5, 5.41) is 13.7. The van der Waals surface area contributed by atoms with Gasteiger partial charge in [-0.05, 0) is 61.7 Å². The van der Waals surface area contributed by atoms with Gasteiger partial charge in [-0.15, -0.1) is 0 Å². The van der Waals surface area contributed by atoms with E-state index in [1.54, 1.807) is 18.3 Å². The van der Waals surface area contributed by atoms with Crippen LogP contribution in [0.5, 0.6) is 5.75 Å². The summed E-state index contributed by atoms with van der Waals surface area (Å²) in [5.74, 6) is 0.183. The average molecular weight is 370 g/mol. The normalized spacial score (nSPS) is 10.8. The number of hydrogen-bond acceptors (Lipinski definition) is 3. The van der Waals surface area contributed by atoms with Crippen LogP contribution in [0.15, 0.2) is 56.5 Å². The highest BCUT2D eigenvalue weighted by molar-refractivity contribution is 9.11. The zero-order valence-electron chi connectivity index (χ0n) is 9.27. The van der Waals surface area contributed by atoms with Crippen molar-refractivity contribution in [3.63, 3.8) is 0 Å². The monoisotopic (exact) mass is 368 g/mol. The van der Waals surface area contributed by atoms with Crippen molar-refractivity contribution >= 4 is 43.8 Å². The molecule has 0 bridgehead atoms.